The topological polar surface area (TPSA) is 66.5 Å². The zero-order valence-electron chi connectivity index (χ0n) is 12.5. The first-order valence-corrected chi connectivity index (χ1v) is 9.43. The molecule has 1 aliphatic rings. The van der Waals surface area contributed by atoms with Crippen LogP contribution < -0.4 is 5.32 Å². The van der Waals surface area contributed by atoms with E-state index in [0.717, 1.165) is 21.5 Å². The number of anilines is 1. The van der Waals surface area contributed by atoms with Crippen molar-refractivity contribution in [1.82, 2.24) is 4.90 Å². The minimum Gasteiger partial charge on any atom is -0.322 e. The summed E-state index contributed by atoms with van der Waals surface area (Å²) < 4.78 is 0. The van der Waals surface area contributed by atoms with Gasteiger partial charge in [0, 0.05) is 4.88 Å². The average Bonchev–Trinajstić information content (AvgIpc) is 3.16. The van der Waals surface area contributed by atoms with Gasteiger partial charge in [-0.15, -0.1) is 11.3 Å². The maximum atomic E-state index is 12.4. The highest BCUT2D eigenvalue weighted by Gasteiger charge is 2.36. The van der Waals surface area contributed by atoms with E-state index in [2.05, 4.69) is 5.32 Å². The fraction of sp³-hybridized carbons (Fsp3) is 0.0625. The molecule has 1 aliphatic heterocycles. The third-order valence-corrected chi connectivity index (χ3v) is 5.58. The van der Waals surface area contributed by atoms with E-state index in [1.165, 1.54) is 11.3 Å². The fourth-order valence-electron chi connectivity index (χ4n) is 2.08. The largest absolute Gasteiger partial charge is 0.322 e. The van der Waals surface area contributed by atoms with Gasteiger partial charge in [-0.1, -0.05) is 35.3 Å². The molecule has 1 saturated heterocycles. The van der Waals surface area contributed by atoms with Crippen molar-refractivity contribution in [2.75, 3.05) is 11.9 Å². The molecule has 0 bridgehead atoms. The van der Waals surface area contributed by atoms with Crippen molar-refractivity contribution in [2.45, 2.75) is 0 Å². The van der Waals surface area contributed by atoms with E-state index in [1.54, 1.807) is 24.3 Å². The van der Waals surface area contributed by atoms with Crippen LogP contribution in [-0.4, -0.2) is 28.5 Å². The molecule has 2 aromatic rings. The Morgan fingerprint density at radius 1 is 1.16 bits per heavy atom. The van der Waals surface area contributed by atoms with Crippen LogP contribution in [0.1, 0.15) is 4.88 Å². The Bertz CT molecular complexity index is 861. The van der Waals surface area contributed by atoms with Gasteiger partial charge in [0.15, 0.2) is 0 Å². The van der Waals surface area contributed by atoms with Gasteiger partial charge in [0.2, 0.25) is 5.91 Å². The molecule has 128 valence electrons. The number of halogens is 2. The number of hydrogen-bond acceptors (Lipinski definition) is 5. The molecule has 25 heavy (non-hydrogen) atoms. The van der Waals surface area contributed by atoms with Gasteiger partial charge < -0.3 is 5.32 Å². The number of benzene rings is 1. The maximum Gasteiger partial charge on any atom is 0.294 e. The highest BCUT2D eigenvalue weighted by atomic mass is 35.5. The summed E-state index contributed by atoms with van der Waals surface area (Å²) in [5.74, 6) is -1.06. The van der Waals surface area contributed by atoms with Crippen molar-refractivity contribution in [3.05, 3.63) is 55.5 Å². The number of carbonyl (C=O) groups is 3. The Morgan fingerprint density at radius 2 is 1.88 bits per heavy atom. The predicted octanol–water partition coefficient (Wildman–Crippen LogP) is 4.73. The van der Waals surface area contributed by atoms with Crippen LogP contribution in [0.25, 0.3) is 6.08 Å². The smallest absolute Gasteiger partial charge is 0.294 e. The Morgan fingerprint density at radius 3 is 2.52 bits per heavy atom. The van der Waals surface area contributed by atoms with Gasteiger partial charge in [-0.05, 0) is 41.4 Å². The molecular weight excluding hydrogens is 403 g/mol. The molecule has 9 heteroatoms. The molecule has 0 atom stereocenters. The number of thiophene rings is 1. The van der Waals surface area contributed by atoms with E-state index in [0.29, 0.717) is 0 Å². The Kier molecular flexibility index (Phi) is 5.48. The van der Waals surface area contributed by atoms with Crippen LogP contribution in [-0.2, 0) is 9.59 Å². The number of para-hydroxylation sites is 1. The second kappa shape index (κ2) is 7.61. The number of imide groups is 1. The lowest BCUT2D eigenvalue weighted by molar-refractivity contribution is -0.127. The Balaban J connectivity index is 1.71. The number of hydrogen-bond donors (Lipinski definition) is 1. The molecule has 1 aromatic heterocycles. The van der Waals surface area contributed by atoms with Crippen LogP contribution >= 0.6 is 46.3 Å². The number of nitrogens with zero attached hydrogens (tertiary/aromatic N) is 1. The van der Waals surface area contributed by atoms with Gasteiger partial charge in [-0.25, -0.2) is 0 Å². The zero-order valence-corrected chi connectivity index (χ0v) is 15.6. The van der Waals surface area contributed by atoms with Crippen molar-refractivity contribution >= 4 is 75.1 Å². The highest BCUT2D eigenvalue weighted by Crippen LogP contribution is 2.33. The quantitative estimate of drug-likeness (QED) is 0.736. The number of rotatable bonds is 4. The average molecular weight is 413 g/mol. The van der Waals surface area contributed by atoms with Crippen LogP contribution in [0.2, 0.25) is 10.0 Å². The molecule has 3 rings (SSSR count). The van der Waals surface area contributed by atoms with Gasteiger partial charge in [0.05, 0.1) is 20.6 Å². The molecule has 0 aliphatic carbocycles. The number of carbonyl (C=O) groups excluding carboxylic acids is 3. The predicted molar refractivity (Wildman–Crippen MR) is 102 cm³/mol. The molecule has 3 amide bonds. The van der Waals surface area contributed by atoms with Gasteiger partial charge in [0.1, 0.15) is 6.54 Å². The molecule has 0 saturated carbocycles. The molecule has 2 heterocycles. The van der Waals surface area contributed by atoms with E-state index in [1.807, 2.05) is 17.5 Å². The summed E-state index contributed by atoms with van der Waals surface area (Å²) in [7, 11) is 0. The summed E-state index contributed by atoms with van der Waals surface area (Å²) in [6, 6.07) is 8.48. The summed E-state index contributed by atoms with van der Waals surface area (Å²) in [6.07, 6.45) is 1.64. The second-order valence-corrected chi connectivity index (χ2v) is 7.71. The van der Waals surface area contributed by atoms with Gasteiger partial charge >= 0.3 is 0 Å². The Hall–Kier alpha value is -1.80. The maximum absolute atomic E-state index is 12.4. The summed E-state index contributed by atoms with van der Waals surface area (Å²) in [6.45, 7) is -0.409. The van der Waals surface area contributed by atoms with E-state index < -0.39 is 23.6 Å². The lowest BCUT2D eigenvalue weighted by Gasteiger charge is -2.13. The zero-order chi connectivity index (χ0) is 18.0. The monoisotopic (exact) mass is 412 g/mol. The van der Waals surface area contributed by atoms with E-state index >= 15 is 0 Å². The first kappa shape index (κ1) is 18.0. The third-order valence-electron chi connectivity index (χ3n) is 3.22. The second-order valence-electron chi connectivity index (χ2n) is 4.93. The Labute approximate surface area is 161 Å². The molecule has 1 fully saturated rings. The van der Waals surface area contributed by atoms with Crippen molar-refractivity contribution < 1.29 is 14.4 Å². The molecule has 1 N–H and O–H groups in total. The number of thioether (sulfide) groups is 1. The number of amides is 3. The van der Waals surface area contributed by atoms with Gasteiger partial charge in [-0.2, -0.15) is 0 Å². The summed E-state index contributed by atoms with van der Waals surface area (Å²) >= 11 is 14.2. The standard InChI is InChI=1S/C16H10Cl2N2O3S2/c17-10-4-1-5-11(18)14(10)19-13(21)8-20-15(22)12(25-16(20)23)7-9-3-2-6-24-9/h1-7H,8H2,(H,19,21)/b12-7-. The lowest BCUT2D eigenvalue weighted by Crippen LogP contribution is -2.36. The lowest BCUT2D eigenvalue weighted by atomic mass is 10.3. The molecule has 1 aromatic carbocycles. The van der Waals surface area contributed by atoms with Crippen LogP contribution in [0.3, 0.4) is 0 Å². The van der Waals surface area contributed by atoms with Crippen molar-refractivity contribution in [1.29, 1.82) is 0 Å². The molecule has 0 unspecified atom stereocenters. The van der Waals surface area contributed by atoms with E-state index in [9.17, 15) is 14.4 Å². The fourth-order valence-corrected chi connectivity index (χ4v) is 4.13. The van der Waals surface area contributed by atoms with Gasteiger partial charge in [0.25, 0.3) is 11.1 Å². The molecule has 0 spiro atoms. The molecule has 0 radical (unpaired) electrons. The summed E-state index contributed by atoms with van der Waals surface area (Å²) in [5, 5.41) is 4.45. The van der Waals surface area contributed by atoms with Crippen LogP contribution in [0, 0.1) is 0 Å². The minimum atomic E-state index is -0.560. The van der Waals surface area contributed by atoms with E-state index in [-0.39, 0.29) is 20.6 Å². The van der Waals surface area contributed by atoms with Crippen molar-refractivity contribution in [3.63, 3.8) is 0 Å². The normalized spacial score (nSPS) is 15.9. The minimum absolute atomic E-state index is 0.247. The first-order valence-electron chi connectivity index (χ1n) is 6.98. The highest BCUT2D eigenvalue weighted by molar-refractivity contribution is 8.18. The van der Waals surface area contributed by atoms with E-state index in [4.69, 9.17) is 23.2 Å². The van der Waals surface area contributed by atoms with Crippen LogP contribution in [0.4, 0.5) is 10.5 Å². The first-order chi connectivity index (χ1) is 12.0. The third kappa shape index (κ3) is 4.07. The van der Waals surface area contributed by atoms with Crippen molar-refractivity contribution in [3.8, 4) is 0 Å². The van der Waals surface area contributed by atoms with Gasteiger partial charge in [-0.3, -0.25) is 19.3 Å². The van der Waals surface area contributed by atoms with Crippen LogP contribution in [0.15, 0.2) is 40.6 Å². The number of nitrogens with one attached hydrogen (secondary N) is 1. The molecular formula is C16H10Cl2N2O3S2. The summed E-state index contributed by atoms with van der Waals surface area (Å²) in [5.41, 5.74) is 0.247. The SMILES string of the molecule is O=C(CN1C(=O)S/C(=C\c2cccs2)C1=O)Nc1c(Cl)cccc1Cl. The van der Waals surface area contributed by atoms with Crippen molar-refractivity contribution in [2.24, 2.45) is 0 Å². The van der Waals surface area contributed by atoms with Crippen LogP contribution in [0.5, 0.6) is 0 Å². The molecule has 5 nitrogen and oxygen atoms in total. The summed E-state index contributed by atoms with van der Waals surface area (Å²) in [4.78, 5) is 38.6.